The van der Waals surface area contributed by atoms with Gasteiger partial charge in [0.15, 0.2) is 0 Å². The molecule has 0 saturated carbocycles. The second-order valence-electron chi connectivity index (χ2n) is 3.72. The van der Waals surface area contributed by atoms with Gasteiger partial charge in [0.05, 0.1) is 28.8 Å². The van der Waals surface area contributed by atoms with Gasteiger partial charge in [-0.3, -0.25) is 4.79 Å². The first-order valence-corrected chi connectivity index (χ1v) is 7.29. The molecule has 0 atom stereocenters. The lowest BCUT2D eigenvalue weighted by molar-refractivity contribution is -0.142. The molecule has 0 amide bonds. The van der Waals surface area contributed by atoms with Crippen molar-refractivity contribution in [2.75, 3.05) is 6.61 Å². The lowest BCUT2D eigenvalue weighted by Crippen LogP contribution is -2.07. The predicted molar refractivity (Wildman–Crippen MR) is 77.9 cm³/mol. The Kier molecular flexibility index (Phi) is 4.80. The SMILES string of the molecule is CCOC(=O)Cc1csc(-c2c(Cl)cccc2Cl)n1. The van der Waals surface area contributed by atoms with Crippen LogP contribution in [0.15, 0.2) is 23.6 Å². The highest BCUT2D eigenvalue weighted by molar-refractivity contribution is 7.13. The van der Waals surface area contributed by atoms with Crippen molar-refractivity contribution in [1.29, 1.82) is 0 Å². The van der Waals surface area contributed by atoms with Gasteiger partial charge in [-0.05, 0) is 19.1 Å². The standard InChI is InChI=1S/C13H11Cl2NO2S/c1-2-18-11(17)6-8-7-19-13(16-8)12-9(14)4-3-5-10(12)15/h3-5,7H,2,6H2,1H3. The van der Waals surface area contributed by atoms with Crippen molar-refractivity contribution in [3.05, 3.63) is 39.3 Å². The summed E-state index contributed by atoms with van der Waals surface area (Å²) >= 11 is 13.6. The van der Waals surface area contributed by atoms with E-state index in [1.165, 1.54) is 11.3 Å². The smallest absolute Gasteiger partial charge is 0.311 e. The van der Waals surface area contributed by atoms with Crippen molar-refractivity contribution in [2.45, 2.75) is 13.3 Å². The van der Waals surface area contributed by atoms with Gasteiger partial charge in [0.2, 0.25) is 0 Å². The summed E-state index contributed by atoms with van der Waals surface area (Å²) in [5, 5.41) is 3.61. The van der Waals surface area contributed by atoms with E-state index in [4.69, 9.17) is 27.9 Å². The van der Waals surface area contributed by atoms with Gasteiger partial charge in [-0.1, -0.05) is 29.3 Å². The minimum absolute atomic E-state index is 0.159. The van der Waals surface area contributed by atoms with Gasteiger partial charge in [-0.2, -0.15) is 0 Å². The maximum atomic E-state index is 11.4. The molecule has 0 saturated heterocycles. The number of benzene rings is 1. The van der Waals surface area contributed by atoms with E-state index in [9.17, 15) is 4.79 Å². The molecular formula is C13H11Cl2NO2S. The van der Waals surface area contributed by atoms with Gasteiger partial charge in [0.1, 0.15) is 5.01 Å². The summed E-state index contributed by atoms with van der Waals surface area (Å²) in [6.45, 7) is 2.14. The Labute approximate surface area is 125 Å². The van der Waals surface area contributed by atoms with E-state index < -0.39 is 0 Å². The molecule has 3 nitrogen and oxygen atoms in total. The Morgan fingerprint density at radius 2 is 2.05 bits per heavy atom. The van der Waals surface area contributed by atoms with Crippen LogP contribution in [0.25, 0.3) is 10.6 Å². The second-order valence-corrected chi connectivity index (χ2v) is 5.39. The third-order valence-electron chi connectivity index (χ3n) is 2.36. The average Bonchev–Trinajstić information content (AvgIpc) is 2.77. The van der Waals surface area contributed by atoms with Crippen LogP contribution in [0.4, 0.5) is 0 Å². The summed E-state index contributed by atoms with van der Waals surface area (Å²) in [6.07, 6.45) is 0.159. The summed E-state index contributed by atoms with van der Waals surface area (Å²) < 4.78 is 4.88. The molecule has 0 radical (unpaired) electrons. The van der Waals surface area contributed by atoms with Crippen molar-refractivity contribution < 1.29 is 9.53 Å². The van der Waals surface area contributed by atoms with Crippen molar-refractivity contribution in [1.82, 2.24) is 4.98 Å². The van der Waals surface area contributed by atoms with Gasteiger partial charge in [-0.15, -0.1) is 11.3 Å². The lowest BCUT2D eigenvalue weighted by Gasteiger charge is -2.02. The quantitative estimate of drug-likeness (QED) is 0.793. The van der Waals surface area contributed by atoms with Crippen molar-refractivity contribution >= 4 is 40.5 Å². The van der Waals surface area contributed by atoms with Crippen LogP contribution in [0, 0.1) is 0 Å². The number of esters is 1. The summed E-state index contributed by atoms with van der Waals surface area (Å²) in [6, 6.07) is 5.30. The molecule has 2 rings (SSSR count). The van der Waals surface area contributed by atoms with Crippen LogP contribution in [0.3, 0.4) is 0 Å². The maximum absolute atomic E-state index is 11.4. The number of nitrogens with zero attached hydrogens (tertiary/aromatic N) is 1. The summed E-state index contributed by atoms with van der Waals surface area (Å²) in [4.78, 5) is 15.8. The van der Waals surface area contributed by atoms with E-state index in [0.29, 0.717) is 32.9 Å². The molecule has 0 N–H and O–H groups in total. The molecular weight excluding hydrogens is 305 g/mol. The predicted octanol–water partition coefficient (Wildman–Crippen LogP) is 4.22. The summed E-state index contributed by atoms with van der Waals surface area (Å²) in [5.41, 5.74) is 1.36. The first-order valence-electron chi connectivity index (χ1n) is 5.66. The summed E-state index contributed by atoms with van der Waals surface area (Å²) in [5.74, 6) is -0.287. The minimum Gasteiger partial charge on any atom is -0.466 e. The van der Waals surface area contributed by atoms with Crippen molar-refractivity contribution in [3.63, 3.8) is 0 Å². The molecule has 0 fully saturated rings. The molecule has 1 aromatic heterocycles. The second kappa shape index (κ2) is 6.37. The van der Waals surface area contributed by atoms with Crippen LogP contribution in [0.2, 0.25) is 10.0 Å². The van der Waals surface area contributed by atoms with Crippen LogP contribution in [-0.4, -0.2) is 17.6 Å². The molecule has 0 spiro atoms. The number of hydrogen-bond donors (Lipinski definition) is 0. The van der Waals surface area contributed by atoms with E-state index >= 15 is 0 Å². The van der Waals surface area contributed by atoms with Gasteiger partial charge in [-0.25, -0.2) is 4.98 Å². The fraction of sp³-hybridized carbons (Fsp3) is 0.231. The van der Waals surface area contributed by atoms with E-state index in [0.717, 1.165) is 0 Å². The molecule has 0 aliphatic heterocycles. The Morgan fingerprint density at radius 3 is 2.68 bits per heavy atom. The topological polar surface area (TPSA) is 39.2 Å². The number of halogens is 2. The molecule has 2 aromatic rings. The molecule has 1 aromatic carbocycles. The maximum Gasteiger partial charge on any atom is 0.311 e. The van der Waals surface area contributed by atoms with Crippen LogP contribution < -0.4 is 0 Å². The summed E-state index contributed by atoms with van der Waals surface area (Å²) in [7, 11) is 0. The highest BCUT2D eigenvalue weighted by Crippen LogP contribution is 2.36. The zero-order chi connectivity index (χ0) is 13.8. The van der Waals surface area contributed by atoms with E-state index in [1.807, 2.05) is 5.38 Å². The zero-order valence-corrected chi connectivity index (χ0v) is 12.5. The van der Waals surface area contributed by atoms with Crippen LogP contribution >= 0.6 is 34.5 Å². The lowest BCUT2D eigenvalue weighted by atomic mass is 10.2. The molecule has 6 heteroatoms. The Bertz CT molecular complexity index is 578. The van der Waals surface area contributed by atoms with Crippen LogP contribution in [-0.2, 0) is 16.0 Å². The third kappa shape index (κ3) is 3.47. The highest BCUT2D eigenvalue weighted by atomic mass is 35.5. The van der Waals surface area contributed by atoms with E-state index in [-0.39, 0.29) is 12.4 Å². The number of thiazole rings is 1. The molecule has 0 unspecified atom stereocenters. The Hall–Kier alpha value is -1.10. The van der Waals surface area contributed by atoms with Crippen molar-refractivity contribution in [3.8, 4) is 10.6 Å². The number of carbonyl (C=O) groups is 1. The monoisotopic (exact) mass is 315 g/mol. The Balaban J connectivity index is 2.24. The van der Waals surface area contributed by atoms with Crippen LogP contribution in [0.1, 0.15) is 12.6 Å². The van der Waals surface area contributed by atoms with Gasteiger partial charge in [0.25, 0.3) is 0 Å². The molecule has 1 heterocycles. The first-order chi connectivity index (χ1) is 9.11. The van der Waals surface area contributed by atoms with Crippen LogP contribution in [0.5, 0.6) is 0 Å². The largest absolute Gasteiger partial charge is 0.466 e. The molecule has 0 bridgehead atoms. The zero-order valence-electron chi connectivity index (χ0n) is 10.2. The minimum atomic E-state index is -0.287. The number of carbonyl (C=O) groups excluding carboxylic acids is 1. The fourth-order valence-corrected chi connectivity index (χ4v) is 3.14. The Morgan fingerprint density at radius 1 is 1.37 bits per heavy atom. The molecule has 19 heavy (non-hydrogen) atoms. The molecule has 0 aliphatic carbocycles. The number of aromatic nitrogens is 1. The number of hydrogen-bond acceptors (Lipinski definition) is 4. The van der Waals surface area contributed by atoms with E-state index in [1.54, 1.807) is 25.1 Å². The number of ether oxygens (including phenoxy) is 1. The third-order valence-corrected chi connectivity index (χ3v) is 3.90. The normalized spacial score (nSPS) is 10.5. The van der Waals surface area contributed by atoms with Gasteiger partial charge >= 0.3 is 5.97 Å². The first kappa shape index (κ1) is 14.3. The fourth-order valence-electron chi connectivity index (χ4n) is 1.57. The van der Waals surface area contributed by atoms with Gasteiger partial charge < -0.3 is 4.74 Å². The molecule has 0 aliphatic rings. The van der Waals surface area contributed by atoms with Crippen molar-refractivity contribution in [2.24, 2.45) is 0 Å². The highest BCUT2D eigenvalue weighted by Gasteiger charge is 2.14. The molecule has 100 valence electrons. The van der Waals surface area contributed by atoms with Gasteiger partial charge in [0, 0.05) is 10.9 Å². The average molecular weight is 316 g/mol. The number of rotatable bonds is 4. The van der Waals surface area contributed by atoms with E-state index in [2.05, 4.69) is 4.98 Å².